The van der Waals surface area contributed by atoms with Gasteiger partial charge in [0.2, 0.25) is 5.91 Å². The molecule has 2 aliphatic heterocycles. The monoisotopic (exact) mass is 290 g/mol. The van der Waals surface area contributed by atoms with Crippen LogP contribution in [0.25, 0.3) is 0 Å². The number of nitrogens with zero attached hydrogens (tertiary/aromatic N) is 1. The summed E-state index contributed by atoms with van der Waals surface area (Å²) in [5.41, 5.74) is 1.11. The van der Waals surface area contributed by atoms with E-state index in [0.717, 1.165) is 6.42 Å². The molecule has 1 aromatic carbocycles. The Morgan fingerprint density at radius 3 is 2.38 bits per heavy atom. The molecule has 4 nitrogen and oxygen atoms in total. The van der Waals surface area contributed by atoms with Crippen molar-refractivity contribution in [2.45, 2.75) is 64.1 Å². The molecule has 2 aliphatic rings. The number of benzene rings is 1. The van der Waals surface area contributed by atoms with Crippen LogP contribution in [0.15, 0.2) is 30.3 Å². The maximum atomic E-state index is 6.28. The van der Waals surface area contributed by atoms with E-state index >= 15 is 0 Å². The summed E-state index contributed by atoms with van der Waals surface area (Å²) in [5.74, 6) is -0.697. The molecule has 1 N–H and O–H groups in total. The number of rotatable bonds is 1. The van der Waals surface area contributed by atoms with Gasteiger partial charge in [-0.15, -0.1) is 0 Å². The minimum absolute atomic E-state index is 0.0604. The van der Waals surface area contributed by atoms with Crippen LogP contribution in [0.4, 0.5) is 0 Å². The van der Waals surface area contributed by atoms with E-state index in [-0.39, 0.29) is 17.1 Å². The van der Waals surface area contributed by atoms with Crippen LogP contribution >= 0.6 is 0 Å². The highest BCUT2D eigenvalue weighted by atomic mass is 16.8. The molecule has 0 aliphatic carbocycles. The maximum absolute atomic E-state index is 6.28. The van der Waals surface area contributed by atoms with Gasteiger partial charge in [-0.3, -0.25) is 5.32 Å². The lowest BCUT2D eigenvalue weighted by Crippen LogP contribution is -2.50. The first-order valence-electron chi connectivity index (χ1n) is 7.68. The van der Waals surface area contributed by atoms with Crippen LogP contribution in [0.2, 0.25) is 0 Å². The number of ether oxygens (including phenoxy) is 1. The number of hydrogen-bond acceptors (Lipinski definition) is 4. The zero-order chi connectivity index (χ0) is 15.3. The third-order valence-electron chi connectivity index (χ3n) is 4.03. The van der Waals surface area contributed by atoms with Crippen molar-refractivity contribution in [1.29, 1.82) is 0 Å². The summed E-state index contributed by atoms with van der Waals surface area (Å²) >= 11 is 0. The molecule has 2 heterocycles. The van der Waals surface area contributed by atoms with Gasteiger partial charge in [0.15, 0.2) is 0 Å². The third-order valence-corrected chi connectivity index (χ3v) is 4.03. The van der Waals surface area contributed by atoms with E-state index in [9.17, 15) is 0 Å². The molecule has 4 heteroatoms. The number of hydrogen-bond donors (Lipinski definition) is 1. The van der Waals surface area contributed by atoms with Crippen LogP contribution in [0.1, 0.15) is 52.6 Å². The fourth-order valence-electron chi connectivity index (χ4n) is 3.17. The normalized spacial score (nSPS) is 32.9. The van der Waals surface area contributed by atoms with Crippen molar-refractivity contribution in [3.63, 3.8) is 0 Å². The highest BCUT2D eigenvalue weighted by Crippen LogP contribution is 2.46. The Kier molecular flexibility index (Phi) is 3.41. The quantitative estimate of drug-likeness (QED) is 0.861. The molecule has 3 rings (SSSR count). The van der Waals surface area contributed by atoms with Gasteiger partial charge in [0, 0.05) is 17.5 Å². The van der Waals surface area contributed by atoms with Crippen LogP contribution in [0.5, 0.6) is 0 Å². The lowest BCUT2D eigenvalue weighted by atomic mass is 9.98. The van der Waals surface area contributed by atoms with E-state index in [2.05, 4.69) is 69.3 Å². The Labute approximate surface area is 127 Å². The summed E-state index contributed by atoms with van der Waals surface area (Å²) in [6.45, 7) is 11.4. The maximum Gasteiger partial charge on any atom is 0.248 e. The van der Waals surface area contributed by atoms with Crippen molar-refractivity contribution in [2.75, 3.05) is 6.61 Å². The molecule has 0 saturated carbocycles. The Balaban J connectivity index is 1.92. The van der Waals surface area contributed by atoms with Gasteiger partial charge in [-0.1, -0.05) is 30.3 Å². The van der Waals surface area contributed by atoms with Crippen LogP contribution in [-0.2, 0) is 9.57 Å². The van der Waals surface area contributed by atoms with Gasteiger partial charge in [0.1, 0.15) is 0 Å². The van der Waals surface area contributed by atoms with Crippen molar-refractivity contribution in [3.8, 4) is 0 Å². The molecular weight excluding hydrogens is 264 g/mol. The Morgan fingerprint density at radius 2 is 1.86 bits per heavy atom. The second-order valence-corrected chi connectivity index (χ2v) is 7.77. The van der Waals surface area contributed by atoms with E-state index in [1.165, 1.54) is 5.56 Å². The lowest BCUT2D eigenvalue weighted by Gasteiger charge is -2.35. The van der Waals surface area contributed by atoms with Gasteiger partial charge in [-0.05, 0) is 40.2 Å². The van der Waals surface area contributed by atoms with Crippen LogP contribution in [-0.4, -0.2) is 28.7 Å². The third kappa shape index (κ3) is 2.86. The van der Waals surface area contributed by atoms with Crippen molar-refractivity contribution < 1.29 is 9.57 Å². The topological polar surface area (TPSA) is 33.7 Å². The first-order valence-corrected chi connectivity index (χ1v) is 7.68. The van der Waals surface area contributed by atoms with Crippen molar-refractivity contribution >= 4 is 0 Å². The summed E-state index contributed by atoms with van der Waals surface area (Å²) < 4.78 is 6.02. The predicted molar refractivity (Wildman–Crippen MR) is 82.4 cm³/mol. The van der Waals surface area contributed by atoms with Gasteiger partial charge < -0.3 is 4.74 Å². The fourth-order valence-corrected chi connectivity index (χ4v) is 3.17. The molecule has 21 heavy (non-hydrogen) atoms. The Bertz CT molecular complexity index is 509. The Morgan fingerprint density at radius 1 is 1.19 bits per heavy atom. The second-order valence-electron chi connectivity index (χ2n) is 7.77. The summed E-state index contributed by atoms with van der Waals surface area (Å²) in [7, 11) is 0. The van der Waals surface area contributed by atoms with Crippen molar-refractivity contribution in [2.24, 2.45) is 0 Å². The van der Waals surface area contributed by atoms with E-state index in [1.807, 2.05) is 6.07 Å². The summed E-state index contributed by atoms with van der Waals surface area (Å²) in [6, 6.07) is 10.7. The van der Waals surface area contributed by atoms with Crippen LogP contribution in [0.3, 0.4) is 0 Å². The second kappa shape index (κ2) is 4.78. The van der Waals surface area contributed by atoms with E-state index in [4.69, 9.17) is 9.57 Å². The highest BCUT2D eigenvalue weighted by molar-refractivity contribution is 5.21. The highest BCUT2D eigenvalue weighted by Gasteiger charge is 2.56. The average molecular weight is 290 g/mol. The summed E-state index contributed by atoms with van der Waals surface area (Å²) in [5, 5.41) is 5.60. The fraction of sp³-hybridized carbons (Fsp3) is 0.647. The minimum Gasteiger partial charge on any atom is -0.334 e. The first kappa shape index (κ1) is 15.0. The Hall–Kier alpha value is -0.940. The van der Waals surface area contributed by atoms with Gasteiger partial charge >= 0.3 is 0 Å². The first-order chi connectivity index (χ1) is 9.71. The average Bonchev–Trinajstić information content (AvgIpc) is 2.91. The molecule has 0 radical (unpaired) electrons. The smallest absolute Gasteiger partial charge is 0.248 e. The zero-order valence-corrected chi connectivity index (χ0v) is 13.6. The minimum atomic E-state index is -0.697. The van der Waals surface area contributed by atoms with E-state index in [1.54, 1.807) is 0 Å². The molecule has 1 aromatic rings. The SMILES string of the molecule is CC1(C)COC2(CC(c3ccccc3)N(C(C)(C)C)O2)N1. The molecule has 0 bridgehead atoms. The molecule has 1 spiro atoms. The number of hydroxylamine groups is 2. The largest absolute Gasteiger partial charge is 0.334 e. The van der Waals surface area contributed by atoms with Gasteiger partial charge in [-0.2, -0.15) is 5.06 Å². The molecule has 2 atom stereocenters. The zero-order valence-electron chi connectivity index (χ0n) is 13.6. The number of nitrogens with one attached hydrogen (secondary N) is 1. The molecular formula is C17H26N2O2. The summed E-state index contributed by atoms with van der Waals surface area (Å²) in [6.07, 6.45) is 0.789. The molecule has 2 saturated heterocycles. The molecule has 116 valence electrons. The van der Waals surface area contributed by atoms with E-state index in [0.29, 0.717) is 6.61 Å². The molecule has 0 amide bonds. The van der Waals surface area contributed by atoms with Crippen molar-refractivity contribution in [3.05, 3.63) is 35.9 Å². The van der Waals surface area contributed by atoms with E-state index < -0.39 is 5.91 Å². The van der Waals surface area contributed by atoms with Gasteiger partial charge in [-0.25, -0.2) is 4.84 Å². The molecule has 0 aromatic heterocycles. The van der Waals surface area contributed by atoms with Crippen molar-refractivity contribution in [1.82, 2.24) is 10.4 Å². The van der Waals surface area contributed by atoms with Crippen LogP contribution in [0, 0.1) is 0 Å². The predicted octanol–water partition coefficient (Wildman–Crippen LogP) is 3.22. The van der Waals surface area contributed by atoms with Gasteiger partial charge in [0.05, 0.1) is 12.6 Å². The summed E-state index contributed by atoms with van der Waals surface area (Å²) in [4.78, 5) is 6.28. The standard InChI is InChI=1S/C17H26N2O2/c1-15(2,3)19-14(13-9-7-6-8-10-13)11-17(21-19)18-16(4,5)12-20-17/h6-10,14,18H,11-12H2,1-5H3. The van der Waals surface area contributed by atoms with Gasteiger partial charge in [0.25, 0.3) is 0 Å². The molecule has 2 fully saturated rings. The lowest BCUT2D eigenvalue weighted by molar-refractivity contribution is -0.322. The molecule has 2 unspecified atom stereocenters. The van der Waals surface area contributed by atoms with Crippen LogP contribution < -0.4 is 5.32 Å².